The van der Waals surface area contributed by atoms with Gasteiger partial charge in [-0.25, -0.2) is 0 Å². The molecule has 0 bridgehead atoms. The van der Waals surface area contributed by atoms with Gasteiger partial charge in [-0.2, -0.15) is 4.98 Å². The fourth-order valence-corrected chi connectivity index (χ4v) is 1.94. The van der Waals surface area contributed by atoms with E-state index in [9.17, 15) is 0 Å². The second-order valence-corrected chi connectivity index (χ2v) is 4.50. The van der Waals surface area contributed by atoms with Crippen LogP contribution in [0.2, 0.25) is 5.02 Å². The lowest BCUT2D eigenvalue weighted by Crippen LogP contribution is -1.97. The van der Waals surface area contributed by atoms with Gasteiger partial charge in [-0.05, 0) is 24.3 Å². The smallest absolute Gasteiger partial charge is 0.259 e. The molecule has 5 heteroatoms. The van der Waals surface area contributed by atoms with Crippen LogP contribution in [0.15, 0.2) is 59.1 Å². The number of hydrogen-bond acceptors (Lipinski definition) is 4. The molecule has 0 amide bonds. The molecule has 0 unspecified atom stereocenters. The van der Waals surface area contributed by atoms with Gasteiger partial charge in [0.25, 0.3) is 5.89 Å². The second-order valence-electron chi connectivity index (χ2n) is 4.10. The Morgan fingerprint density at radius 3 is 2.55 bits per heavy atom. The van der Waals surface area contributed by atoms with Crippen molar-refractivity contribution in [3.63, 3.8) is 0 Å². The summed E-state index contributed by atoms with van der Waals surface area (Å²) in [5.41, 5.74) is 0.715. The third-order valence-electron chi connectivity index (χ3n) is 2.68. The number of aromatic nitrogens is 2. The van der Waals surface area contributed by atoms with Gasteiger partial charge < -0.3 is 9.26 Å². The third kappa shape index (κ3) is 2.81. The molecule has 20 heavy (non-hydrogen) atoms. The van der Waals surface area contributed by atoms with Crippen molar-refractivity contribution in [2.75, 3.05) is 0 Å². The molecule has 0 saturated heterocycles. The van der Waals surface area contributed by atoms with Crippen LogP contribution in [0.4, 0.5) is 0 Å². The number of halogens is 1. The molecule has 0 fully saturated rings. The number of rotatable bonds is 4. The highest BCUT2D eigenvalue weighted by atomic mass is 35.5. The maximum Gasteiger partial charge on any atom is 0.259 e. The Bertz CT molecular complexity index is 698. The van der Waals surface area contributed by atoms with E-state index in [4.69, 9.17) is 20.9 Å². The highest BCUT2D eigenvalue weighted by molar-refractivity contribution is 6.33. The largest absolute Gasteiger partial charge is 0.485 e. The van der Waals surface area contributed by atoms with Gasteiger partial charge in [0.1, 0.15) is 5.75 Å². The van der Waals surface area contributed by atoms with Crippen LogP contribution >= 0.6 is 11.6 Å². The maximum atomic E-state index is 6.08. The molecular weight excluding hydrogens is 276 g/mol. The van der Waals surface area contributed by atoms with Crippen LogP contribution in [-0.2, 0) is 6.61 Å². The van der Waals surface area contributed by atoms with E-state index >= 15 is 0 Å². The molecule has 0 N–H and O–H groups in total. The van der Waals surface area contributed by atoms with Crippen molar-refractivity contribution in [3.8, 4) is 17.2 Å². The average Bonchev–Trinajstić information content (AvgIpc) is 2.95. The number of ether oxygens (including phenoxy) is 1. The van der Waals surface area contributed by atoms with Gasteiger partial charge in [0.05, 0.1) is 10.6 Å². The van der Waals surface area contributed by atoms with Crippen LogP contribution in [-0.4, -0.2) is 10.1 Å². The molecule has 0 aliphatic carbocycles. The fraction of sp³-hybridized carbons (Fsp3) is 0.0667. The molecule has 1 heterocycles. The zero-order valence-electron chi connectivity index (χ0n) is 10.5. The average molecular weight is 287 g/mol. The van der Waals surface area contributed by atoms with Crippen molar-refractivity contribution in [2.45, 2.75) is 6.61 Å². The van der Waals surface area contributed by atoms with Crippen LogP contribution in [0.25, 0.3) is 11.5 Å². The third-order valence-corrected chi connectivity index (χ3v) is 3.01. The van der Waals surface area contributed by atoms with Crippen LogP contribution in [0.3, 0.4) is 0 Å². The quantitative estimate of drug-likeness (QED) is 0.728. The number of hydrogen-bond donors (Lipinski definition) is 0. The first kappa shape index (κ1) is 12.7. The monoisotopic (exact) mass is 286 g/mol. The summed E-state index contributed by atoms with van der Waals surface area (Å²) >= 11 is 6.08. The van der Waals surface area contributed by atoms with Crippen molar-refractivity contribution in [1.29, 1.82) is 0 Å². The molecule has 0 atom stereocenters. The first-order chi connectivity index (χ1) is 9.83. The summed E-state index contributed by atoms with van der Waals surface area (Å²) in [5.74, 6) is 1.63. The minimum Gasteiger partial charge on any atom is -0.485 e. The number of nitrogens with zero attached hydrogens (tertiary/aromatic N) is 2. The molecule has 4 nitrogen and oxygen atoms in total. The van der Waals surface area contributed by atoms with Gasteiger partial charge in [0, 0.05) is 0 Å². The van der Waals surface area contributed by atoms with E-state index in [0.29, 0.717) is 22.3 Å². The van der Waals surface area contributed by atoms with Crippen molar-refractivity contribution < 1.29 is 9.26 Å². The van der Waals surface area contributed by atoms with Crippen LogP contribution in [0.1, 0.15) is 5.82 Å². The number of para-hydroxylation sites is 1. The zero-order chi connectivity index (χ0) is 13.8. The fourth-order valence-electron chi connectivity index (χ4n) is 1.72. The van der Waals surface area contributed by atoms with E-state index in [-0.39, 0.29) is 6.61 Å². The molecule has 0 aliphatic rings. The highest BCUT2D eigenvalue weighted by Gasteiger charge is 2.11. The molecule has 3 rings (SSSR count). The summed E-state index contributed by atoms with van der Waals surface area (Å²) < 4.78 is 10.7. The van der Waals surface area contributed by atoms with Crippen molar-refractivity contribution in [1.82, 2.24) is 10.1 Å². The Balaban J connectivity index is 1.73. The van der Waals surface area contributed by atoms with E-state index in [2.05, 4.69) is 10.1 Å². The Kier molecular flexibility index (Phi) is 3.65. The Morgan fingerprint density at radius 1 is 1.00 bits per heavy atom. The molecule has 0 aliphatic heterocycles. The molecule has 0 radical (unpaired) electrons. The molecule has 2 aromatic carbocycles. The van der Waals surface area contributed by atoms with E-state index in [0.717, 1.165) is 5.75 Å². The van der Waals surface area contributed by atoms with Crippen molar-refractivity contribution in [2.24, 2.45) is 0 Å². The van der Waals surface area contributed by atoms with E-state index in [1.807, 2.05) is 48.5 Å². The van der Waals surface area contributed by atoms with E-state index in [1.54, 1.807) is 6.07 Å². The van der Waals surface area contributed by atoms with Crippen LogP contribution in [0.5, 0.6) is 5.75 Å². The van der Waals surface area contributed by atoms with E-state index in [1.165, 1.54) is 0 Å². The summed E-state index contributed by atoms with van der Waals surface area (Å²) in [6.07, 6.45) is 0. The van der Waals surface area contributed by atoms with Crippen LogP contribution in [0, 0.1) is 0 Å². The second kappa shape index (κ2) is 5.75. The predicted octanol–water partition coefficient (Wildman–Crippen LogP) is 3.97. The summed E-state index contributed by atoms with van der Waals surface area (Å²) in [6.45, 7) is 0.248. The molecule has 3 aromatic rings. The zero-order valence-corrected chi connectivity index (χ0v) is 11.2. The summed E-state index contributed by atoms with van der Waals surface area (Å²) in [4.78, 5) is 4.27. The van der Waals surface area contributed by atoms with Gasteiger partial charge in [0.2, 0.25) is 5.82 Å². The van der Waals surface area contributed by atoms with Gasteiger partial charge >= 0.3 is 0 Å². The molecule has 0 spiro atoms. The highest BCUT2D eigenvalue weighted by Crippen LogP contribution is 2.25. The molecular formula is C15H11ClN2O2. The lowest BCUT2D eigenvalue weighted by atomic mass is 10.2. The predicted molar refractivity (Wildman–Crippen MR) is 75.5 cm³/mol. The van der Waals surface area contributed by atoms with Gasteiger partial charge in [-0.1, -0.05) is 47.1 Å². The minimum atomic E-state index is 0.248. The topological polar surface area (TPSA) is 48.2 Å². The van der Waals surface area contributed by atoms with Crippen molar-refractivity contribution in [3.05, 3.63) is 65.4 Å². The van der Waals surface area contributed by atoms with Crippen molar-refractivity contribution >= 4 is 11.6 Å². The molecule has 100 valence electrons. The lowest BCUT2D eigenvalue weighted by molar-refractivity contribution is 0.287. The Hall–Kier alpha value is -2.33. The molecule has 0 saturated carbocycles. The standard InChI is InChI=1S/C15H11ClN2O2/c16-13-9-5-4-8-12(13)15-17-14(18-20-15)10-19-11-6-2-1-3-7-11/h1-9H,10H2. The SMILES string of the molecule is Clc1ccccc1-c1nc(COc2ccccc2)no1. The molecule has 1 aromatic heterocycles. The summed E-state index contributed by atoms with van der Waals surface area (Å²) in [6, 6.07) is 16.8. The lowest BCUT2D eigenvalue weighted by Gasteiger charge is -2.01. The van der Waals surface area contributed by atoms with Gasteiger partial charge in [-0.15, -0.1) is 0 Å². The number of benzene rings is 2. The Morgan fingerprint density at radius 2 is 1.75 bits per heavy atom. The van der Waals surface area contributed by atoms with Gasteiger partial charge in [-0.3, -0.25) is 0 Å². The maximum absolute atomic E-state index is 6.08. The Labute approximate surface area is 121 Å². The minimum absolute atomic E-state index is 0.248. The first-order valence-electron chi connectivity index (χ1n) is 6.08. The first-order valence-corrected chi connectivity index (χ1v) is 6.46. The summed E-state index contributed by atoms with van der Waals surface area (Å²) in [7, 11) is 0. The van der Waals surface area contributed by atoms with E-state index < -0.39 is 0 Å². The normalized spacial score (nSPS) is 10.4. The van der Waals surface area contributed by atoms with Gasteiger partial charge in [0.15, 0.2) is 6.61 Å². The van der Waals surface area contributed by atoms with Crippen LogP contribution < -0.4 is 4.74 Å². The summed E-state index contributed by atoms with van der Waals surface area (Å²) in [5, 5.41) is 4.45.